The van der Waals surface area contributed by atoms with E-state index in [0.717, 1.165) is 16.3 Å². The maximum absolute atomic E-state index is 12.7. The average Bonchev–Trinajstić information content (AvgIpc) is 3.13. The van der Waals surface area contributed by atoms with Crippen molar-refractivity contribution in [3.63, 3.8) is 0 Å². The molecular weight excluding hydrogens is 454 g/mol. The summed E-state index contributed by atoms with van der Waals surface area (Å²) < 4.78 is 40.6. The molecule has 1 amide bonds. The number of carbonyl (C=O) groups is 1. The number of amides is 1. The van der Waals surface area contributed by atoms with Gasteiger partial charge in [-0.1, -0.05) is 40.9 Å². The first-order valence-electron chi connectivity index (χ1n) is 8.11. The second-order valence-corrected chi connectivity index (χ2v) is 7.38. The molecule has 0 aliphatic rings. The van der Waals surface area contributed by atoms with Crippen molar-refractivity contribution < 1.29 is 18.0 Å². The summed E-state index contributed by atoms with van der Waals surface area (Å²) in [5.74, 6) is -0.552. The van der Waals surface area contributed by atoms with Crippen molar-refractivity contribution in [3.05, 3.63) is 62.5 Å². The standard InChI is InChI=1S/C17H13Cl3F3N5O/c1-9-4-14(17(21,22)23)25-28(9)8-15(29)24-16-13(20)7-27(26-16)6-10-2-3-11(18)5-12(10)19/h2-5,7H,6,8H2,1H3,(H,24,26,29). The predicted molar refractivity (Wildman–Crippen MR) is 103 cm³/mol. The highest BCUT2D eigenvalue weighted by atomic mass is 35.5. The summed E-state index contributed by atoms with van der Waals surface area (Å²) >= 11 is 18.1. The zero-order valence-electron chi connectivity index (χ0n) is 14.8. The largest absolute Gasteiger partial charge is 0.435 e. The lowest BCUT2D eigenvalue weighted by molar-refractivity contribution is -0.141. The van der Waals surface area contributed by atoms with Gasteiger partial charge in [0.15, 0.2) is 11.5 Å². The summed E-state index contributed by atoms with van der Waals surface area (Å²) in [4.78, 5) is 12.2. The molecule has 0 saturated heterocycles. The Bertz CT molecular complexity index is 1060. The molecule has 3 rings (SSSR count). The van der Waals surface area contributed by atoms with Crippen LogP contribution in [0.2, 0.25) is 15.1 Å². The van der Waals surface area contributed by atoms with Crippen LogP contribution < -0.4 is 5.32 Å². The molecule has 3 aromatic rings. The number of aromatic nitrogens is 4. The van der Waals surface area contributed by atoms with Crippen LogP contribution in [0.15, 0.2) is 30.5 Å². The number of alkyl halides is 3. The van der Waals surface area contributed by atoms with Crippen molar-refractivity contribution in [1.82, 2.24) is 19.6 Å². The molecule has 0 bridgehead atoms. The van der Waals surface area contributed by atoms with Crippen LogP contribution in [0.25, 0.3) is 0 Å². The first-order chi connectivity index (χ1) is 13.5. The Morgan fingerprint density at radius 1 is 1.14 bits per heavy atom. The molecule has 6 nitrogen and oxygen atoms in total. The Kier molecular flexibility index (Phi) is 6.11. The fraction of sp³-hybridized carbons (Fsp3) is 0.235. The Balaban J connectivity index is 1.69. The van der Waals surface area contributed by atoms with Crippen molar-refractivity contribution in [1.29, 1.82) is 0 Å². The summed E-state index contributed by atoms with van der Waals surface area (Å²) in [6.45, 7) is 1.28. The van der Waals surface area contributed by atoms with E-state index in [1.54, 1.807) is 18.2 Å². The summed E-state index contributed by atoms with van der Waals surface area (Å²) in [6, 6.07) is 5.87. The molecule has 1 N–H and O–H groups in total. The monoisotopic (exact) mass is 465 g/mol. The van der Waals surface area contributed by atoms with Crippen molar-refractivity contribution in [2.75, 3.05) is 5.32 Å². The van der Waals surface area contributed by atoms with Gasteiger partial charge in [0.2, 0.25) is 5.91 Å². The van der Waals surface area contributed by atoms with Crippen molar-refractivity contribution in [2.24, 2.45) is 0 Å². The van der Waals surface area contributed by atoms with Crippen LogP contribution >= 0.6 is 34.8 Å². The van der Waals surface area contributed by atoms with Crippen LogP contribution in [0.5, 0.6) is 0 Å². The lowest BCUT2D eigenvalue weighted by Gasteiger charge is -2.06. The summed E-state index contributed by atoms with van der Waals surface area (Å²) in [7, 11) is 0. The number of aryl methyl sites for hydroxylation is 1. The van der Waals surface area contributed by atoms with Crippen LogP contribution in [0, 0.1) is 6.92 Å². The summed E-state index contributed by atoms with van der Waals surface area (Å²) in [6.07, 6.45) is -3.10. The maximum atomic E-state index is 12.7. The molecule has 0 atom stereocenters. The van der Waals surface area contributed by atoms with E-state index in [4.69, 9.17) is 34.8 Å². The van der Waals surface area contributed by atoms with E-state index in [9.17, 15) is 18.0 Å². The van der Waals surface area contributed by atoms with Crippen LogP contribution in [-0.2, 0) is 24.1 Å². The third kappa shape index (κ3) is 5.23. The topological polar surface area (TPSA) is 64.7 Å². The van der Waals surface area contributed by atoms with Gasteiger partial charge in [0.05, 0.1) is 6.54 Å². The number of nitrogens with zero attached hydrogens (tertiary/aromatic N) is 4. The second-order valence-electron chi connectivity index (χ2n) is 6.13. The molecule has 29 heavy (non-hydrogen) atoms. The Hall–Kier alpha value is -2.23. The van der Waals surface area contributed by atoms with E-state index in [2.05, 4.69) is 15.5 Å². The number of benzene rings is 1. The number of hydrogen-bond acceptors (Lipinski definition) is 3. The molecule has 12 heteroatoms. The van der Waals surface area contributed by atoms with E-state index >= 15 is 0 Å². The van der Waals surface area contributed by atoms with Gasteiger partial charge in [-0.05, 0) is 30.7 Å². The molecule has 0 radical (unpaired) electrons. The highest BCUT2D eigenvalue weighted by Gasteiger charge is 2.34. The normalized spacial score (nSPS) is 11.7. The molecule has 0 unspecified atom stereocenters. The van der Waals surface area contributed by atoms with Gasteiger partial charge in [0.1, 0.15) is 11.6 Å². The summed E-state index contributed by atoms with van der Waals surface area (Å²) in [5.41, 5.74) is -0.133. The molecule has 0 fully saturated rings. The third-order valence-corrected chi connectivity index (χ3v) is 4.75. The molecule has 1 aromatic carbocycles. The van der Waals surface area contributed by atoms with Gasteiger partial charge in [-0.2, -0.15) is 23.4 Å². The highest BCUT2D eigenvalue weighted by Crippen LogP contribution is 2.28. The second kappa shape index (κ2) is 8.25. The smallest absolute Gasteiger partial charge is 0.306 e. The van der Waals surface area contributed by atoms with Crippen LogP contribution in [0.4, 0.5) is 19.0 Å². The molecule has 0 aliphatic carbocycles. The Labute approximate surface area is 178 Å². The van der Waals surface area contributed by atoms with E-state index in [1.807, 2.05) is 0 Å². The Morgan fingerprint density at radius 3 is 2.48 bits per heavy atom. The number of anilines is 1. The van der Waals surface area contributed by atoms with Crippen LogP contribution in [0.1, 0.15) is 17.0 Å². The van der Waals surface area contributed by atoms with E-state index in [0.29, 0.717) is 10.0 Å². The zero-order valence-corrected chi connectivity index (χ0v) is 17.0. The number of carbonyl (C=O) groups excluding carboxylic acids is 1. The SMILES string of the molecule is Cc1cc(C(F)(F)F)nn1CC(=O)Nc1nn(Cc2ccc(Cl)cc2Cl)cc1Cl. The van der Waals surface area contributed by atoms with Gasteiger partial charge in [-0.25, -0.2) is 0 Å². The number of nitrogens with one attached hydrogen (secondary N) is 1. The predicted octanol–water partition coefficient (Wildman–Crippen LogP) is 5.05. The van der Waals surface area contributed by atoms with Crippen molar-refractivity contribution in [3.8, 4) is 0 Å². The zero-order chi connectivity index (χ0) is 21.3. The van der Waals surface area contributed by atoms with Gasteiger partial charge < -0.3 is 5.32 Å². The molecule has 2 heterocycles. The lowest BCUT2D eigenvalue weighted by Crippen LogP contribution is -2.21. The molecule has 0 saturated carbocycles. The minimum absolute atomic E-state index is 0.0719. The van der Waals surface area contributed by atoms with E-state index in [-0.39, 0.29) is 23.1 Å². The van der Waals surface area contributed by atoms with E-state index < -0.39 is 24.3 Å². The van der Waals surface area contributed by atoms with Gasteiger partial charge in [0.25, 0.3) is 0 Å². The fourth-order valence-electron chi connectivity index (χ4n) is 2.50. The Morgan fingerprint density at radius 2 is 1.86 bits per heavy atom. The van der Waals surface area contributed by atoms with Crippen molar-refractivity contribution in [2.45, 2.75) is 26.2 Å². The van der Waals surface area contributed by atoms with Gasteiger partial charge in [0, 0.05) is 21.9 Å². The van der Waals surface area contributed by atoms with Gasteiger partial charge in [-0.3, -0.25) is 14.2 Å². The van der Waals surface area contributed by atoms with Crippen LogP contribution in [-0.4, -0.2) is 25.5 Å². The maximum Gasteiger partial charge on any atom is 0.435 e. The summed E-state index contributed by atoms with van der Waals surface area (Å²) in [5, 5.41) is 11.1. The van der Waals surface area contributed by atoms with Gasteiger partial charge in [-0.15, -0.1) is 0 Å². The van der Waals surface area contributed by atoms with Crippen LogP contribution in [0.3, 0.4) is 0 Å². The highest BCUT2D eigenvalue weighted by molar-refractivity contribution is 6.35. The first-order valence-corrected chi connectivity index (χ1v) is 9.24. The minimum atomic E-state index is -4.59. The number of hydrogen-bond donors (Lipinski definition) is 1. The minimum Gasteiger partial charge on any atom is -0.306 e. The average molecular weight is 467 g/mol. The fourth-order valence-corrected chi connectivity index (χ4v) is 3.17. The molecule has 2 aromatic heterocycles. The third-order valence-electron chi connectivity index (χ3n) is 3.89. The quantitative estimate of drug-likeness (QED) is 0.572. The molecule has 154 valence electrons. The number of halogens is 6. The molecule has 0 aliphatic heterocycles. The van der Waals surface area contributed by atoms with E-state index in [1.165, 1.54) is 17.8 Å². The lowest BCUT2D eigenvalue weighted by atomic mass is 10.2. The van der Waals surface area contributed by atoms with Gasteiger partial charge >= 0.3 is 6.18 Å². The molecule has 0 spiro atoms. The molecular formula is C17H13Cl3F3N5O. The first kappa shape index (κ1) is 21.5. The number of rotatable bonds is 5. The van der Waals surface area contributed by atoms with Crippen molar-refractivity contribution >= 4 is 46.5 Å².